The van der Waals surface area contributed by atoms with Crippen molar-refractivity contribution in [1.29, 1.82) is 0 Å². The van der Waals surface area contributed by atoms with E-state index in [9.17, 15) is 4.79 Å². The number of fused-ring (bicyclic) bond motifs is 1. The van der Waals surface area contributed by atoms with Gasteiger partial charge in [-0.05, 0) is 49.8 Å². The number of amides is 1. The van der Waals surface area contributed by atoms with Crippen LogP contribution in [0.3, 0.4) is 0 Å². The minimum absolute atomic E-state index is 0.0309. The molecule has 0 unspecified atom stereocenters. The molecule has 1 aliphatic heterocycles. The molecule has 0 bridgehead atoms. The Hall–Kier alpha value is -2.17. The number of benzene rings is 1. The smallest absolute Gasteiger partial charge is 0.254 e. The highest BCUT2D eigenvalue weighted by molar-refractivity contribution is 5.94. The lowest BCUT2D eigenvalue weighted by molar-refractivity contribution is 0.0630. The standard InChI is InChI=1S/C20H26N4O/c1-13(2)12-15-4-6-17(7-5-15)20(25)23-10-11-24-19(14(23)3)21-18(22-24)16-8-9-16/h4-7,13-14,16H,8-12H2,1-3H3/t14-/m1/s1. The average Bonchev–Trinajstić information content (AvgIpc) is 3.34. The minimum atomic E-state index is -0.0309. The fourth-order valence-electron chi connectivity index (χ4n) is 3.59. The number of aromatic nitrogens is 3. The first-order chi connectivity index (χ1) is 12.0. The number of nitrogens with zero attached hydrogens (tertiary/aromatic N) is 4. The van der Waals surface area contributed by atoms with Crippen molar-refractivity contribution >= 4 is 5.91 Å². The third kappa shape index (κ3) is 3.20. The quantitative estimate of drug-likeness (QED) is 0.856. The zero-order valence-electron chi connectivity index (χ0n) is 15.3. The molecule has 0 spiro atoms. The third-order valence-corrected chi connectivity index (χ3v) is 5.16. The molecule has 5 heteroatoms. The van der Waals surface area contributed by atoms with E-state index in [-0.39, 0.29) is 11.9 Å². The highest BCUT2D eigenvalue weighted by Crippen LogP contribution is 2.39. The Morgan fingerprint density at radius 3 is 2.56 bits per heavy atom. The first-order valence-corrected chi connectivity index (χ1v) is 9.37. The van der Waals surface area contributed by atoms with Gasteiger partial charge in [0, 0.05) is 18.0 Å². The second kappa shape index (κ2) is 6.28. The second-order valence-corrected chi connectivity index (χ2v) is 7.80. The van der Waals surface area contributed by atoms with Crippen LogP contribution in [0.1, 0.15) is 73.1 Å². The number of hydrogen-bond acceptors (Lipinski definition) is 3. The molecule has 1 saturated carbocycles. The predicted octanol–water partition coefficient (Wildman–Crippen LogP) is 3.57. The lowest BCUT2D eigenvalue weighted by Crippen LogP contribution is -2.41. The Labute approximate surface area is 149 Å². The lowest BCUT2D eigenvalue weighted by Gasteiger charge is -2.33. The summed E-state index contributed by atoms with van der Waals surface area (Å²) in [5.74, 6) is 3.15. The molecule has 1 amide bonds. The Morgan fingerprint density at radius 1 is 1.20 bits per heavy atom. The Kier molecular flexibility index (Phi) is 4.10. The Morgan fingerprint density at radius 2 is 1.92 bits per heavy atom. The van der Waals surface area contributed by atoms with Gasteiger partial charge in [-0.15, -0.1) is 0 Å². The van der Waals surface area contributed by atoms with Crippen molar-refractivity contribution in [1.82, 2.24) is 19.7 Å². The third-order valence-electron chi connectivity index (χ3n) is 5.16. The molecular formula is C20H26N4O. The van der Waals surface area contributed by atoms with Crippen LogP contribution >= 0.6 is 0 Å². The number of rotatable bonds is 4. The van der Waals surface area contributed by atoms with Crippen LogP contribution in [0.5, 0.6) is 0 Å². The zero-order valence-corrected chi connectivity index (χ0v) is 15.3. The Balaban J connectivity index is 1.52. The molecule has 0 saturated heterocycles. The fourth-order valence-corrected chi connectivity index (χ4v) is 3.59. The van der Waals surface area contributed by atoms with Crippen molar-refractivity contribution in [3.63, 3.8) is 0 Å². The molecule has 2 aliphatic rings. The van der Waals surface area contributed by atoms with Crippen LogP contribution in [0.15, 0.2) is 24.3 Å². The van der Waals surface area contributed by atoms with Crippen molar-refractivity contribution in [2.75, 3.05) is 6.54 Å². The van der Waals surface area contributed by atoms with Gasteiger partial charge in [0.1, 0.15) is 5.82 Å². The zero-order chi connectivity index (χ0) is 17.6. The molecule has 1 fully saturated rings. The van der Waals surface area contributed by atoms with Crippen LogP contribution in [0, 0.1) is 5.92 Å². The highest BCUT2D eigenvalue weighted by Gasteiger charge is 2.34. The first kappa shape index (κ1) is 16.3. The molecular weight excluding hydrogens is 312 g/mol. The van der Waals surface area contributed by atoms with Crippen LogP contribution in [-0.2, 0) is 13.0 Å². The van der Waals surface area contributed by atoms with Crippen molar-refractivity contribution in [3.05, 3.63) is 47.0 Å². The summed E-state index contributed by atoms with van der Waals surface area (Å²) >= 11 is 0. The topological polar surface area (TPSA) is 51.0 Å². The molecule has 4 rings (SSSR count). The maximum Gasteiger partial charge on any atom is 0.254 e. The van der Waals surface area contributed by atoms with Crippen molar-refractivity contribution in [2.45, 2.75) is 58.5 Å². The van der Waals surface area contributed by atoms with Gasteiger partial charge in [0.05, 0.1) is 12.6 Å². The summed E-state index contributed by atoms with van der Waals surface area (Å²) in [7, 11) is 0. The van der Waals surface area contributed by atoms with Gasteiger partial charge in [0.25, 0.3) is 5.91 Å². The van der Waals surface area contributed by atoms with E-state index in [4.69, 9.17) is 4.98 Å². The van der Waals surface area contributed by atoms with E-state index in [1.54, 1.807) is 0 Å². The molecule has 5 nitrogen and oxygen atoms in total. The van der Waals surface area contributed by atoms with E-state index in [2.05, 4.69) is 38.0 Å². The van der Waals surface area contributed by atoms with E-state index < -0.39 is 0 Å². The molecule has 2 heterocycles. The molecule has 132 valence electrons. The maximum atomic E-state index is 13.0. The number of carbonyl (C=O) groups is 1. The molecule has 0 N–H and O–H groups in total. The largest absolute Gasteiger partial charge is 0.327 e. The van der Waals surface area contributed by atoms with Gasteiger partial charge >= 0.3 is 0 Å². The summed E-state index contributed by atoms with van der Waals surface area (Å²) < 4.78 is 1.99. The van der Waals surface area contributed by atoms with E-state index in [1.165, 1.54) is 18.4 Å². The van der Waals surface area contributed by atoms with E-state index in [0.29, 0.717) is 18.4 Å². The molecule has 1 aromatic carbocycles. The summed E-state index contributed by atoms with van der Waals surface area (Å²) in [5, 5.41) is 4.64. The van der Waals surface area contributed by atoms with Crippen molar-refractivity contribution in [2.24, 2.45) is 5.92 Å². The summed E-state index contributed by atoms with van der Waals surface area (Å²) in [6.07, 6.45) is 3.44. The molecule has 2 aromatic rings. The SMILES string of the molecule is CC(C)Cc1ccc(C(=O)N2CCn3nc(C4CC4)nc3[C@H]2C)cc1. The Bertz CT molecular complexity index is 773. The molecule has 25 heavy (non-hydrogen) atoms. The van der Waals surface area contributed by atoms with Crippen LogP contribution < -0.4 is 0 Å². The van der Waals surface area contributed by atoms with E-state index in [0.717, 1.165) is 30.2 Å². The monoisotopic (exact) mass is 338 g/mol. The fraction of sp³-hybridized carbons (Fsp3) is 0.550. The van der Waals surface area contributed by atoms with Gasteiger partial charge < -0.3 is 4.90 Å². The summed E-state index contributed by atoms with van der Waals surface area (Å²) in [5.41, 5.74) is 2.04. The van der Waals surface area contributed by atoms with Gasteiger partial charge in [0.2, 0.25) is 0 Å². The average molecular weight is 338 g/mol. The molecule has 1 aromatic heterocycles. The summed E-state index contributed by atoms with van der Waals surface area (Å²) in [4.78, 5) is 19.6. The van der Waals surface area contributed by atoms with Gasteiger partial charge in [-0.2, -0.15) is 5.10 Å². The second-order valence-electron chi connectivity index (χ2n) is 7.80. The molecule has 1 aliphatic carbocycles. The number of hydrogen-bond donors (Lipinski definition) is 0. The van der Waals surface area contributed by atoms with E-state index in [1.807, 2.05) is 21.7 Å². The minimum Gasteiger partial charge on any atom is -0.327 e. The first-order valence-electron chi connectivity index (χ1n) is 9.37. The van der Waals surface area contributed by atoms with Crippen molar-refractivity contribution < 1.29 is 4.79 Å². The van der Waals surface area contributed by atoms with Crippen LogP contribution in [0.4, 0.5) is 0 Å². The van der Waals surface area contributed by atoms with Gasteiger partial charge in [-0.1, -0.05) is 26.0 Å². The van der Waals surface area contributed by atoms with Gasteiger partial charge in [-0.3, -0.25) is 4.79 Å². The predicted molar refractivity (Wildman–Crippen MR) is 96.4 cm³/mol. The maximum absolute atomic E-state index is 13.0. The number of carbonyl (C=O) groups excluding carboxylic acids is 1. The summed E-state index contributed by atoms with van der Waals surface area (Å²) in [6, 6.07) is 8.05. The van der Waals surface area contributed by atoms with Crippen LogP contribution in [0.25, 0.3) is 0 Å². The van der Waals surface area contributed by atoms with Gasteiger partial charge in [0.15, 0.2) is 5.82 Å². The normalized spacial score (nSPS) is 20.0. The lowest BCUT2D eigenvalue weighted by atomic mass is 10.0. The molecule has 0 radical (unpaired) electrons. The van der Waals surface area contributed by atoms with E-state index >= 15 is 0 Å². The summed E-state index contributed by atoms with van der Waals surface area (Å²) in [6.45, 7) is 7.90. The molecule has 1 atom stereocenters. The van der Waals surface area contributed by atoms with Crippen molar-refractivity contribution in [3.8, 4) is 0 Å². The highest BCUT2D eigenvalue weighted by atomic mass is 16.2. The van der Waals surface area contributed by atoms with Crippen LogP contribution in [0.2, 0.25) is 0 Å². The van der Waals surface area contributed by atoms with Crippen LogP contribution in [-0.4, -0.2) is 32.1 Å². The van der Waals surface area contributed by atoms with Gasteiger partial charge in [-0.25, -0.2) is 9.67 Å².